The number of nitrogen functional groups attached to an aromatic ring is 1. The van der Waals surface area contributed by atoms with E-state index in [1.807, 2.05) is 0 Å². The Kier molecular flexibility index (Phi) is 7.89. The van der Waals surface area contributed by atoms with Gasteiger partial charge in [0.05, 0.1) is 23.8 Å². The summed E-state index contributed by atoms with van der Waals surface area (Å²) in [6, 6.07) is 6.96. The highest BCUT2D eigenvalue weighted by atomic mass is 35.5. The number of hydrogen-bond donors (Lipinski definition) is 3. The molecule has 1 aliphatic rings. The Bertz CT molecular complexity index is 953. The van der Waals surface area contributed by atoms with Crippen molar-refractivity contribution in [2.24, 2.45) is 0 Å². The van der Waals surface area contributed by atoms with E-state index in [1.54, 1.807) is 19.2 Å². The second-order valence-electron chi connectivity index (χ2n) is 7.37. The van der Waals surface area contributed by atoms with Crippen molar-refractivity contribution < 1.29 is 18.7 Å². The van der Waals surface area contributed by atoms with E-state index in [1.165, 1.54) is 18.2 Å². The van der Waals surface area contributed by atoms with Gasteiger partial charge in [-0.1, -0.05) is 11.6 Å². The van der Waals surface area contributed by atoms with Gasteiger partial charge in [-0.15, -0.1) is 0 Å². The standard InChI is InChI=1S/C21H26ClFN4O4/c1-30-18-12-27(8-2-10-31-14-5-3-13(23)4-6-14)9-7-17(18)25-20(28)15-11-16(22)19(24)26-21(15)29/h3-6,11,17-18H,2,7-10,12H2,1H3,(H,25,28)(H3,24,26,29). The van der Waals surface area contributed by atoms with Gasteiger partial charge in [0, 0.05) is 26.7 Å². The van der Waals surface area contributed by atoms with E-state index in [0.717, 1.165) is 19.5 Å². The number of piperidine rings is 1. The topological polar surface area (TPSA) is 110 Å². The summed E-state index contributed by atoms with van der Waals surface area (Å²) in [6.45, 7) is 2.71. The van der Waals surface area contributed by atoms with Crippen molar-refractivity contribution in [1.29, 1.82) is 0 Å². The van der Waals surface area contributed by atoms with Crippen LogP contribution in [0.4, 0.5) is 10.2 Å². The van der Waals surface area contributed by atoms with Crippen molar-refractivity contribution in [3.63, 3.8) is 0 Å². The van der Waals surface area contributed by atoms with Gasteiger partial charge in [0.1, 0.15) is 22.9 Å². The van der Waals surface area contributed by atoms with Gasteiger partial charge < -0.3 is 30.4 Å². The number of nitrogens with one attached hydrogen (secondary N) is 2. The van der Waals surface area contributed by atoms with E-state index in [2.05, 4.69) is 15.2 Å². The molecule has 1 aliphatic heterocycles. The molecular formula is C21H26ClFN4O4. The number of nitrogens with two attached hydrogens (primary N) is 1. The number of methoxy groups -OCH3 is 1. The first-order valence-corrected chi connectivity index (χ1v) is 10.4. The summed E-state index contributed by atoms with van der Waals surface area (Å²) < 4.78 is 24.1. The van der Waals surface area contributed by atoms with Crippen LogP contribution in [0.15, 0.2) is 35.1 Å². The number of benzene rings is 1. The molecule has 1 amide bonds. The smallest absolute Gasteiger partial charge is 0.262 e. The van der Waals surface area contributed by atoms with Crippen molar-refractivity contribution in [2.45, 2.75) is 25.0 Å². The Morgan fingerprint density at radius 1 is 1.39 bits per heavy atom. The molecule has 1 saturated heterocycles. The largest absolute Gasteiger partial charge is 0.494 e. The maximum absolute atomic E-state index is 12.9. The van der Waals surface area contributed by atoms with Gasteiger partial charge in [-0.25, -0.2) is 4.39 Å². The first-order valence-electron chi connectivity index (χ1n) is 10.00. The van der Waals surface area contributed by atoms with Gasteiger partial charge in [-0.3, -0.25) is 9.59 Å². The number of amides is 1. The Hall–Kier alpha value is -2.62. The van der Waals surface area contributed by atoms with Gasteiger partial charge in [-0.05, 0) is 43.2 Å². The molecule has 1 aromatic carbocycles. The number of rotatable bonds is 8. The number of nitrogens with zero attached hydrogens (tertiary/aromatic N) is 1. The summed E-state index contributed by atoms with van der Waals surface area (Å²) in [7, 11) is 1.60. The molecule has 0 aliphatic carbocycles. The Labute approximate surface area is 184 Å². The summed E-state index contributed by atoms with van der Waals surface area (Å²) in [5.41, 5.74) is 4.87. The number of anilines is 1. The number of likely N-dealkylation sites (tertiary alicyclic amines) is 1. The molecule has 2 aromatic rings. The average molecular weight is 453 g/mol. The molecule has 0 spiro atoms. The third-order valence-corrected chi connectivity index (χ3v) is 5.54. The van der Waals surface area contributed by atoms with E-state index in [4.69, 9.17) is 26.8 Å². The Balaban J connectivity index is 1.47. The lowest BCUT2D eigenvalue weighted by Gasteiger charge is -2.38. The molecule has 0 saturated carbocycles. The minimum atomic E-state index is -0.591. The van der Waals surface area contributed by atoms with Crippen LogP contribution in [-0.4, -0.2) is 61.3 Å². The molecular weight excluding hydrogens is 427 g/mol. The third-order valence-electron chi connectivity index (χ3n) is 5.23. The average Bonchev–Trinajstić information content (AvgIpc) is 2.75. The third kappa shape index (κ3) is 6.19. The SMILES string of the molecule is COC1CN(CCCOc2ccc(F)cc2)CCC1NC(=O)c1cc(Cl)c(N)[nH]c1=O. The molecule has 3 rings (SSSR count). The fourth-order valence-electron chi connectivity index (χ4n) is 3.53. The maximum atomic E-state index is 12.9. The molecule has 168 valence electrons. The number of pyridine rings is 1. The van der Waals surface area contributed by atoms with Crippen LogP contribution in [0.5, 0.6) is 5.75 Å². The number of ether oxygens (including phenoxy) is 2. The van der Waals surface area contributed by atoms with Crippen LogP contribution in [0.2, 0.25) is 5.02 Å². The monoisotopic (exact) mass is 452 g/mol. The molecule has 2 atom stereocenters. The zero-order valence-electron chi connectivity index (χ0n) is 17.2. The number of carbonyl (C=O) groups is 1. The molecule has 8 nitrogen and oxygen atoms in total. The molecule has 2 heterocycles. The van der Waals surface area contributed by atoms with Crippen molar-refractivity contribution in [3.05, 3.63) is 57.1 Å². The van der Waals surface area contributed by atoms with Crippen LogP contribution in [-0.2, 0) is 4.74 Å². The van der Waals surface area contributed by atoms with Crippen LogP contribution in [0.1, 0.15) is 23.2 Å². The molecule has 31 heavy (non-hydrogen) atoms. The molecule has 2 unspecified atom stereocenters. The molecule has 0 bridgehead atoms. The molecule has 1 aromatic heterocycles. The number of hydrogen-bond acceptors (Lipinski definition) is 6. The van der Waals surface area contributed by atoms with Gasteiger partial charge in [0.15, 0.2) is 0 Å². The predicted octanol–water partition coefficient (Wildman–Crippen LogP) is 2.04. The zero-order valence-corrected chi connectivity index (χ0v) is 18.0. The lowest BCUT2D eigenvalue weighted by molar-refractivity contribution is 0.00528. The van der Waals surface area contributed by atoms with Crippen LogP contribution in [0.3, 0.4) is 0 Å². The Morgan fingerprint density at radius 2 is 2.13 bits per heavy atom. The second kappa shape index (κ2) is 10.6. The molecule has 4 N–H and O–H groups in total. The van der Waals surface area contributed by atoms with Crippen LogP contribution < -0.4 is 21.3 Å². The quantitative estimate of drug-likeness (QED) is 0.529. The summed E-state index contributed by atoms with van der Waals surface area (Å²) in [6.07, 6.45) is 1.24. The van der Waals surface area contributed by atoms with Crippen molar-refractivity contribution in [2.75, 3.05) is 39.1 Å². The van der Waals surface area contributed by atoms with Crippen LogP contribution in [0, 0.1) is 5.82 Å². The highest BCUT2D eigenvalue weighted by Gasteiger charge is 2.31. The predicted molar refractivity (Wildman–Crippen MR) is 116 cm³/mol. The van der Waals surface area contributed by atoms with E-state index in [-0.39, 0.29) is 34.4 Å². The lowest BCUT2D eigenvalue weighted by Crippen LogP contribution is -2.55. The first kappa shape index (κ1) is 23.1. The minimum absolute atomic E-state index is 0.0229. The van der Waals surface area contributed by atoms with Crippen molar-refractivity contribution >= 4 is 23.3 Å². The van der Waals surface area contributed by atoms with E-state index in [9.17, 15) is 14.0 Å². The number of aromatic amines is 1. The normalized spacial score (nSPS) is 19.2. The lowest BCUT2D eigenvalue weighted by atomic mass is 10.0. The Morgan fingerprint density at radius 3 is 2.84 bits per heavy atom. The van der Waals surface area contributed by atoms with E-state index < -0.39 is 11.5 Å². The number of aromatic nitrogens is 1. The summed E-state index contributed by atoms with van der Waals surface area (Å²) in [4.78, 5) is 29.2. The maximum Gasteiger partial charge on any atom is 0.262 e. The number of halogens is 2. The highest BCUT2D eigenvalue weighted by molar-refractivity contribution is 6.33. The minimum Gasteiger partial charge on any atom is -0.494 e. The molecule has 1 fully saturated rings. The second-order valence-corrected chi connectivity index (χ2v) is 7.78. The summed E-state index contributed by atoms with van der Waals surface area (Å²) in [5.74, 6) is -0.154. The van der Waals surface area contributed by atoms with Crippen LogP contribution >= 0.6 is 11.6 Å². The van der Waals surface area contributed by atoms with Gasteiger partial charge in [0.2, 0.25) is 0 Å². The van der Waals surface area contributed by atoms with Crippen molar-refractivity contribution in [3.8, 4) is 5.75 Å². The fourth-order valence-corrected chi connectivity index (χ4v) is 3.69. The van der Waals surface area contributed by atoms with Gasteiger partial charge in [0.25, 0.3) is 11.5 Å². The zero-order chi connectivity index (χ0) is 22.4. The van der Waals surface area contributed by atoms with E-state index in [0.29, 0.717) is 25.3 Å². The van der Waals surface area contributed by atoms with Gasteiger partial charge >= 0.3 is 0 Å². The summed E-state index contributed by atoms with van der Waals surface area (Å²) >= 11 is 5.92. The fraction of sp³-hybridized carbons (Fsp3) is 0.429. The number of H-pyrrole nitrogens is 1. The summed E-state index contributed by atoms with van der Waals surface area (Å²) in [5, 5.41) is 2.99. The highest BCUT2D eigenvalue weighted by Crippen LogP contribution is 2.17. The molecule has 10 heteroatoms. The van der Waals surface area contributed by atoms with E-state index >= 15 is 0 Å². The van der Waals surface area contributed by atoms with Gasteiger partial charge in [-0.2, -0.15) is 0 Å². The van der Waals surface area contributed by atoms with Crippen molar-refractivity contribution in [1.82, 2.24) is 15.2 Å². The first-order chi connectivity index (χ1) is 14.9. The molecule has 0 radical (unpaired) electrons. The van der Waals surface area contributed by atoms with Crippen LogP contribution in [0.25, 0.3) is 0 Å². The number of carbonyl (C=O) groups excluding carboxylic acids is 1.